The van der Waals surface area contributed by atoms with Gasteiger partial charge in [0.25, 0.3) is 5.91 Å². The lowest BCUT2D eigenvalue weighted by molar-refractivity contribution is -0.118. The van der Waals surface area contributed by atoms with Crippen molar-refractivity contribution in [3.8, 4) is 5.75 Å². The van der Waals surface area contributed by atoms with Crippen LogP contribution in [0.1, 0.15) is 11.1 Å². The molecule has 0 saturated heterocycles. The van der Waals surface area contributed by atoms with Gasteiger partial charge >= 0.3 is 0 Å². The number of rotatable bonds is 6. The van der Waals surface area contributed by atoms with Gasteiger partial charge in [-0.1, -0.05) is 33.6 Å². The summed E-state index contributed by atoms with van der Waals surface area (Å²) in [5.74, 6) is 0.256. The predicted octanol–water partition coefficient (Wildman–Crippen LogP) is 2.94. The van der Waals surface area contributed by atoms with E-state index in [1.54, 1.807) is 12.1 Å². The van der Waals surface area contributed by atoms with Crippen LogP contribution in [0.4, 0.5) is 5.69 Å². The quantitative estimate of drug-likeness (QED) is 0.379. The van der Waals surface area contributed by atoms with Gasteiger partial charge in [0, 0.05) is 15.7 Å². The van der Waals surface area contributed by atoms with Crippen LogP contribution in [0.25, 0.3) is 0 Å². The summed E-state index contributed by atoms with van der Waals surface area (Å²) in [6.07, 6.45) is 1.51. The van der Waals surface area contributed by atoms with Crippen LogP contribution in [-0.2, 0) is 4.79 Å². The monoisotopic (exact) mass is 420 g/mol. The molecule has 0 aliphatic heterocycles. The highest BCUT2D eigenvalue weighted by Gasteiger charge is 2.07. The smallest absolute Gasteiger partial charge is 0.262 e. The van der Waals surface area contributed by atoms with Crippen LogP contribution < -0.4 is 21.2 Å². The summed E-state index contributed by atoms with van der Waals surface area (Å²) in [6.45, 7) is 1.86. The van der Waals surface area contributed by atoms with Gasteiger partial charge in [-0.2, -0.15) is 5.10 Å². The molecule has 0 bridgehead atoms. The van der Waals surface area contributed by atoms with Crippen LogP contribution in [0.3, 0.4) is 0 Å². The number of hydrazone groups is 1. The Hall–Kier alpha value is -2.45. The van der Waals surface area contributed by atoms with Gasteiger partial charge in [-0.05, 0) is 49.5 Å². The third kappa shape index (κ3) is 6.52. The molecule has 0 saturated carbocycles. The molecule has 4 N–H and O–H groups in total. The Balaban J connectivity index is 1.99. The van der Waals surface area contributed by atoms with Crippen molar-refractivity contribution >= 4 is 51.1 Å². The molecule has 8 heteroatoms. The Morgan fingerprint density at radius 1 is 1.32 bits per heavy atom. The zero-order valence-electron chi connectivity index (χ0n) is 13.5. The van der Waals surface area contributed by atoms with Gasteiger partial charge in [-0.25, -0.2) is 0 Å². The van der Waals surface area contributed by atoms with E-state index >= 15 is 0 Å². The summed E-state index contributed by atoms with van der Waals surface area (Å²) in [7, 11) is 0. The molecule has 0 atom stereocenters. The first-order valence-corrected chi connectivity index (χ1v) is 8.51. The minimum Gasteiger partial charge on any atom is -0.483 e. The van der Waals surface area contributed by atoms with Gasteiger partial charge < -0.3 is 15.8 Å². The van der Waals surface area contributed by atoms with Crippen molar-refractivity contribution in [3.63, 3.8) is 0 Å². The van der Waals surface area contributed by atoms with Crippen molar-refractivity contribution in [2.45, 2.75) is 6.92 Å². The normalized spacial score (nSPS) is 10.5. The predicted molar refractivity (Wildman–Crippen MR) is 107 cm³/mol. The molecule has 2 aromatic rings. The lowest BCUT2D eigenvalue weighted by atomic mass is 10.2. The molecule has 0 aliphatic rings. The lowest BCUT2D eigenvalue weighted by Gasteiger charge is -2.10. The molecule has 0 aromatic heterocycles. The van der Waals surface area contributed by atoms with Crippen molar-refractivity contribution in [1.82, 2.24) is 5.43 Å². The average molecular weight is 421 g/mol. The summed E-state index contributed by atoms with van der Waals surface area (Å²) >= 11 is 8.06. The molecular formula is C17H17BrN4O2S. The fourth-order valence-electron chi connectivity index (χ4n) is 1.89. The Labute approximate surface area is 159 Å². The molecule has 2 rings (SSSR count). The van der Waals surface area contributed by atoms with Crippen LogP contribution in [0.2, 0.25) is 0 Å². The van der Waals surface area contributed by atoms with Crippen LogP contribution in [0, 0.1) is 6.92 Å². The van der Waals surface area contributed by atoms with Crippen LogP contribution in [0.15, 0.2) is 52.0 Å². The zero-order valence-corrected chi connectivity index (χ0v) is 15.9. The highest BCUT2D eigenvalue weighted by molar-refractivity contribution is 9.10. The summed E-state index contributed by atoms with van der Waals surface area (Å²) in [4.78, 5) is 12.0. The Morgan fingerprint density at radius 3 is 2.72 bits per heavy atom. The number of amides is 1. The molecule has 0 spiro atoms. The standard InChI is InChI=1S/C17H17BrN4O2S/c1-11-2-5-14(6-3-11)21-16(23)10-24-15-7-4-13(18)8-12(15)9-20-22-17(19)25/h2-9H,10H2,1H3,(H,21,23)(H3,19,22,25). The van der Waals surface area contributed by atoms with E-state index in [-0.39, 0.29) is 17.6 Å². The Morgan fingerprint density at radius 2 is 2.04 bits per heavy atom. The number of benzene rings is 2. The van der Waals surface area contributed by atoms with E-state index in [0.717, 1.165) is 15.7 Å². The van der Waals surface area contributed by atoms with Crippen molar-refractivity contribution < 1.29 is 9.53 Å². The van der Waals surface area contributed by atoms with E-state index in [2.05, 4.69) is 44.0 Å². The second-order valence-corrected chi connectivity index (χ2v) is 6.47. The molecule has 2 aromatic carbocycles. The van der Waals surface area contributed by atoms with E-state index in [1.165, 1.54) is 6.21 Å². The molecule has 0 radical (unpaired) electrons. The summed E-state index contributed by atoms with van der Waals surface area (Å²) < 4.78 is 6.44. The Bertz CT molecular complexity index is 794. The first kappa shape index (κ1) is 18.9. The fraction of sp³-hybridized carbons (Fsp3) is 0.118. The maximum atomic E-state index is 12.0. The number of nitrogens with one attached hydrogen (secondary N) is 2. The van der Waals surface area contributed by atoms with Gasteiger partial charge in [0.1, 0.15) is 5.75 Å². The molecule has 130 valence electrons. The second-order valence-electron chi connectivity index (χ2n) is 5.12. The van der Waals surface area contributed by atoms with E-state index in [1.807, 2.05) is 37.3 Å². The summed E-state index contributed by atoms with van der Waals surface area (Å²) in [6, 6.07) is 12.9. The first-order chi connectivity index (χ1) is 11.9. The van der Waals surface area contributed by atoms with E-state index < -0.39 is 0 Å². The topological polar surface area (TPSA) is 88.7 Å². The number of aryl methyl sites for hydroxylation is 1. The minimum atomic E-state index is -0.254. The van der Waals surface area contributed by atoms with Crippen molar-refractivity contribution in [1.29, 1.82) is 0 Å². The van der Waals surface area contributed by atoms with E-state index in [9.17, 15) is 4.79 Å². The van der Waals surface area contributed by atoms with Gasteiger partial charge in [0.15, 0.2) is 11.7 Å². The molecule has 1 amide bonds. The SMILES string of the molecule is Cc1ccc(NC(=O)COc2ccc(Br)cc2C=NNC(N)=S)cc1. The average Bonchev–Trinajstić information content (AvgIpc) is 2.56. The summed E-state index contributed by atoms with van der Waals surface area (Å²) in [5.41, 5.74) is 10.3. The van der Waals surface area contributed by atoms with Gasteiger partial charge in [-0.3, -0.25) is 10.2 Å². The molecule has 6 nitrogen and oxygen atoms in total. The van der Waals surface area contributed by atoms with Crippen LogP contribution >= 0.6 is 28.1 Å². The number of nitrogens with zero attached hydrogens (tertiary/aromatic N) is 1. The molecule has 0 aliphatic carbocycles. The molecule has 0 heterocycles. The molecular weight excluding hydrogens is 404 g/mol. The maximum absolute atomic E-state index is 12.0. The van der Waals surface area contributed by atoms with E-state index in [4.69, 9.17) is 10.5 Å². The second kappa shape index (κ2) is 9.14. The lowest BCUT2D eigenvalue weighted by Crippen LogP contribution is -2.24. The van der Waals surface area contributed by atoms with Gasteiger partial charge in [0.2, 0.25) is 0 Å². The highest BCUT2D eigenvalue weighted by Crippen LogP contribution is 2.22. The van der Waals surface area contributed by atoms with Crippen LogP contribution in [0.5, 0.6) is 5.75 Å². The Kier molecular flexibility index (Phi) is 6.91. The molecule has 0 fully saturated rings. The van der Waals surface area contributed by atoms with Crippen molar-refractivity contribution in [3.05, 3.63) is 58.1 Å². The number of hydrogen-bond acceptors (Lipinski definition) is 4. The number of halogens is 1. The zero-order chi connectivity index (χ0) is 18.2. The molecule has 25 heavy (non-hydrogen) atoms. The number of carbonyl (C=O) groups excluding carboxylic acids is 1. The number of carbonyl (C=O) groups is 1. The van der Waals surface area contributed by atoms with Gasteiger partial charge in [-0.15, -0.1) is 0 Å². The number of thiocarbonyl (C=S) groups is 1. The maximum Gasteiger partial charge on any atom is 0.262 e. The molecule has 0 unspecified atom stereocenters. The highest BCUT2D eigenvalue weighted by atomic mass is 79.9. The van der Waals surface area contributed by atoms with Gasteiger partial charge in [0.05, 0.1) is 6.21 Å². The number of nitrogens with two attached hydrogens (primary N) is 1. The fourth-order valence-corrected chi connectivity index (χ4v) is 2.33. The number of hydrogen-bond donors (Lipinski definition) is 3. The largest absolute Gasteiger partial charge is 0.483 e. The minimum absolute atomic E-state index is 0.0613. The first-order valence-electron chi connectivity index (χ1n) is 7.31. The van der Waals surface area contributed by atoms with Crippen LogP contribution in [-0.4, -0.2) is 23.8 Å². The van der Waals surface area contributed by atoms with Crippen molar-refractivity contribution in [2.75, 3.05) is 11.9 Å². The number of anilines is 1. The van der Waals surface area contributed by atoms with E-state index in [0.29, 0.717) is 11.3 Å². The summed E-state index contributed by atoms with van der Waals surface area (Å²) in [5, 5.41) is 6.74. The third-order valence-corrected chi connectivity index (χ3v) is 3.63. The van der Waals surface area contributed by atoms with Crippen molar-refractivity contribution in [2.24, 2.45) is 10.8 Å². The number of ether oxygens (including phenoxy) is 1. The third-order valence-electron chi connectivity index (χ3n) is 3.04.